The van der Waals surface area contributed by atoms with Crippen molar-refractivity contribution in [2.45, 2.75) is 113 Å². The van der Waals surface area contributed by atoms with Gasteiger partial charge in [0, 0.05) is 38.5 Å². The number of carbonyl (C=O) groups excluding carboxylic acids is 18. The summed E-state index contributed by atoms with van der Waals surface area (Å²) in [6.07, 6.45) is -0.669. The molecule has 0 aromatic heterocycles. The molecule has 0 aliphatic carbocycles. The maximum atomic E-state index is 12.2. The van der Waals surface area contributed by atoms with Crippen molar-refractivity contribution in [1.82, 2.24) is 30.2 Å². The van der Waals surface area contributed by atoms with Crippen molar-refractivity contribution < 1.29 is 155 Å². The molecular weight excluding hydrogens is 1590 g/mol. The molecule has 0 radical (unpaired) electrons. The van der Waals surface area contributed by atoms with Crippen molar-refractivity contribution >= 4 is 142 Å². The number of primary amides is 2. The molecule has 120 heavy (non-hydrogen) atoms. The van der Waals surface area contributed by atoms with Gasteiger partial charge in [-0.1, -0.05) is 72.8 Å². The summed E-state index contributed by atoms with van der Waals surface area (Å²) in [6, 6.07) is 31.4. The molecule has 0 spiro atoms. The molecule has 16 N–H and O–H groups in total. The number of aliphatic carboxylic acids is 6. The number of rotatable bonds is 20. The predicted octanol–water partition coefficient (Wildman–Crippen LogP) is 0.699. The Morgan fingerprint density at radius 1 is 0.325 bits per heavy atom. The fourth-order valence-electron chi connectivity index (χ4n) is 12.0. The van der Waals surface area contributed by atoms with Crippen molar-refractivity contribution in [2.24, 2.45) is 22.9 Å². The van der Waals surface area contributed by atoms with Crippen LogP contribution in [0.25, 0.3) is 0 Å². The van der Waals surface area contributed by atoms with Gasteiger partial charge in [-0.15, -0.1) is 0 Å². The molecule has 0 bridgehead atoms. The van der Waals surface area contributed by atoms with Gasteiger partial charge in [0.1, 0.15) is 36.3 Å². The van der Waals surface area contributed by atoms with Crippen LogP contribution in [0.1, 0.15) is 201 Å². The van der Waals surface area contributed by atoms with Crippen LogP contribution in [0, 0.1) is 0 Å². The van der Waals surface area contributed by atoms with E-state index in [1.54, 1.807) is 121 Å². The summed E-state index contributed by atoms with van der Waals surface area (Å²) in [5.41, 5.74) is 23.0. The second-order valence-corrected chi connectivity index (χ2v) is 26.0. The first kappa shape index (κ1) is 91.3. The lowest BCUT2D eigenvalue weighted by molar-refractivity contribution is -0.144. The van der Waals surface area contributed by atoms with Crippen molar-refractivity contribution in [3.05, 3.63) is 212 Å². The number of hydrogen-bond acceptors (Lipinski definition) is 28. The molecular formula is C78H70N10O32. The normalized spacial score (nSPS) is 16.9. The van der Waals surface area contributed by atoms with Crippen molar-refractivity contribution in [2.75, 3.05) is 0 Å². The van der Waals surface area contributed by atoms with Gasteiger partial charge in [-0.05, 0) is 111 Å². The molecule has 42 heteroatoms. The van der Waals surface area contributed by atoms with Gasteiger partial charge in [-0.25, -0.2) is 28.8 Å². The Kier molecular flexibility index (Phi) is 31.1. The van der Waals surface area contributed by atoms with Crippen molar-refractivity contribution in [1.29, 1.82) is 0 Å². The van der Waals surface area contributed by atoms with Gasteiger partial charge < -0.3 is 63.0 Å². The lowest BCUT2D eigenvalue weighted by Gasteiger charge is -2.27. The number of carbonyl (C=O) groups is 24. The Morgan fingerprint density at radius 3 is 0.767 bits per heavy atom. The Labute approximate surface area is 673 Å². The number of nitrogens with two attached hydrogens (primary N) is 4. The third-order valence-corrected chi connectivity index (χ3v) is 17.9. The first-order valence-electron chi connectivity index (χ1n) is 35.4. The van der Waals surface area contributed by atoms with Gasteiger partial charge in [0.05, 0.1) is 66.8 Å². The highest BCUT2D eigenvalue weighted by atomic mass is 16.6. The molecule has 0 saturated carbocycles. The molecule has 8 aliphatic heterocycles. The largest absolute Gasteiger partial charge is 0.481 e. The van der Waals surface area contributed by atoms with Gasteiger partial charge in [0.15, 0.2) is 0 Å². The third-order valence-electron chi connectivity index (χ3n) is 17.9. The van der Waals surface area contributed by atoms with E-state index in [4.69, 9.17) is 53.6 Å². The number of cyclic esters (lactones) is 4. The van der Waals surface area contributed by atoms with Crippen LogP contribution in [-0.4, -0.2) is 229 Å². The minimum atomic E-state index is -1.47. The van der Waals surface area contributed by atoms with Crippen LogP contribution >= 0.6 is 0 Å². The minimum Gasteiger partial charge on any atom is -0.481 e. The molecule has 6 atom stereocenters. The fraction of sp³-hybridized carbons (Fsp3) is 0.231. The Balaban J connectivity index is 0.000000192. The molecule has 6 unspecified atom stereocenters. The Hall–Kier alpha value is -15.9. The number of nitrogens with one attached hydrogen (secondary N) is 2. The number of carboxylic acids is 6. The zero-order valence-corrected chi connectivity index (χ0v) is 62.2. The fourth-order valence-corrected chi connectivity index (χ4v) is 12.0. The summed E-state index contributed by atoms with van der Waals surface area (Å²) in [4.78, 5) is 273. The minimum absolute atomic E-state index is 0.0213. The highest BCUT2D eigenvalue weighted by Gasteiger charge is 2.48. The third kappa shape index (κ3) is 22.4. The summed E-state index contributed by atoms with van der Waals surface area (Å²) < 4.78 is 8.71. The lowest BCUT2D eigenvalue weighted by atomic mass is 10.1. The summed E-state index contributed by atoms with van der Waals surface area (Å²) >= 11 is 0. The smallest absolute Gasteiger partial charge is 0.346 e. The van der Waals surface area contributed by atoms with Crippen LogP contribution in [-0.2, 0) is 67.0 Å². The predicted molar refractivity (Wildman–Crippen MR) is 397 cm³/mol. The average Bonchev–Trinajstić information content (AvgIpc) is 1.71. The second-order valence-electron chi connectivity index (χ2n) is 26.0. The van der Waals surface area contributed by atoms with Gasteiger partial charge in [-0.2, -0.15) is 0 Å². The van der Waals surface area contributed by atoms with Crippen LogP contribution in [0.4, 0.5) is 0 Å². The molecule has 2 saturated heterocycles. The Bertz CT molecular complexity index is 4760. The number of fused-ring (bicyclic) bond motifs is 6. The van der Waals surface area contributed by atoms with Crippen LogP contribution in [0.15, 0.2) is 146 Å². The van der Waals surface area contributed by atoms with Gasteiger partial charge >= 0.3 is 59.7 Å². The lowest BCUT2D eigenvalue weighted by Crippen LogP contribution is -2.54. The van der Waals surface area contributed by atoms with E-state index in [-0.39, 0.29) is 105 Å². The van der Waals surface area contributed by atoms with Crippen LogP contribution in [0.2, 0.25) is 0 Å². The molecule has 8 heterocycles. The van der Waals surface area contributed by atoms with Gasteiger partial charge in [0.25, 0.3) is 47.3 Å². The number of piperidine rings is 2. The number of hydrogen-bond donors (Lipinski definition) is 12. The first-order valence-corrected chi connectivity index (χ1v) is 35.4. The molecule has 624 valence electrons. The highest BCUT2D eigenvalue weighted by molar-refractivity contribution is 6.26. The first-order chi connectivity index (χ1) is 56.7. The number of ether oxygens (including phenoxy) is 2. The SMILES string of the molecule is NC(=O)CCC(C(=O)O)[15N]1C(=O)c2ccccc2C1=O.NC(=O)CCC([15NH2])C(=O)O.O=C(O)CCC(C(=O)O)[15N]1C(=O)c2ccccc2C1=O.O=C1CCC([15N]2C(=O)c3ccccc3C2=O)C(=O)N1.O=C1CCC([15N]2C(=O)c3ccccc3C2=O)C(=O)N1.O=C1OC(=O)c2ccccc21.O=C1OC(=O)c2ccccc21.[15NH2]C(CCC(=O)O)C(=O)O. The molecule has 14 amide bonds. The quantitative estimate of drug-likeness (QED) is 0.0217. The van der Waals surface area contributed by atoms with E-state index in [1.165, 1.54) is 24.3 Å². The zero-order valence-electron chi connectivity index (χ0n) is 62.2. The molecule has 6 aromatic carbocycles. The second kappa shape index (κ2) is 40.9. The monoisotopic (exact) mass is 1660 g/mol. The summed E-state index contributed by atoms with van der Waals surface area (Å²) in [6.45, 7) is 0. The van der Waals surface area contributed by atoms with Crippen molar-refractivity contribution in [3.63, 3.8) is 0 Å². The standard InChI is InChI=1S/C13H12N2O5.2C13H10N2O4.C13H11NO6.2C8H4O3.C5H10N2O3.C5H9NO4/c14-10(16)6-5-9(13(19)20)15-11(17)7-3-1-2-4-8(7)12(15)18;2*16-10-6-5-9(11(17)14-10)15-12(18)7-3-1-2-4-8(7)13(15)19;15-10(16)6-5-9(13(19)20)14-11(17)7-3-1-2-4-8(7)12(14)18;2*9-7-5-3-1-2-4-6(5)8(10)11-7;2*6-3(5(9)10)1-2-4(7)8/h1-4,9H,5-6H2,(H2,14,16)(H,19,20);2*1-4,9H,5-6H2,(H,14,16,17);1-4,9H,5-6H2,(H,15,16)(H,19,20);2*1-4H;3H,1-2,6H2,(H2,7,8)(H,9,10);3H,1-2,6H2,(H,7,8)(H,9,10)/i3*15+1;14+1;;;2*6+1. The Morgan fingerprint density at radius 2 is 0.542 bits per heavy atom. The van der Waals surface area contributed by atoms with Crippen LogP contribution < -0.4 is 33.6 Å². The number of esters is 4. The van der Waals surface area contributed by atoms with Gasteiger partial charge in [0.2, 0.25) is 35.4 Å². The molecule has 6 aromatic rings. The molecule has 2 fully saturated rings. The van der Waals surface area contributed by atoms with E-state index >= 15 is 0 Å². The summed E-state index contributed by atoms with van der Waals surface area (Å²) in [7, 11) is 0. The number of benzene rings is 6. The molecule has 14 rings (SSSR count). The maximum absolute atomic E-state index is 12.2. The number of amides is 14. The average molecular weight is 1670 g/mol. The number of carboxylic acid groups (broad SMARTS) is 6. The zero-order chi connectivity index (χ0) is 88.8. The van der Waals surface area contributed by atoms with E-state index in [0.29, 0.717) is 54.3 Å². The number of nitrogens with zero attached hydrogens (tertiary/aromatic N) is 4. The van der Waals surface area contributed by atoms with Crippen LogP contribution in [0.5, 0.6) is 0 Å². The highest BCUT2D eigenvalue weighted by Crippen LogP contribution is 2.32. The summed E-state index contributed by atoms with van der Waals surface area (Å²) in [5, 5.41) is 55.7. The molecule has 42 nitrogen and oxygen atoms in total. The van der Waals surface area contributed by atoms with Crippen molar-refractivity contribution in [3.8, 4) is 0 Å². The number of imide groups is 6. The van der Waals surface area contributed by atoms with E-state index in [2.05, 4.69) is 20.1 Å². The maximum Gasteiger partial charge on any atom is 0.346 e. The van der Waals surface area contributed by atoms with E-state index < -0.39 is 173 Å². The summed E-state index contributed by atoms with van der Waals surface area (Å²) in [5.74, 6) is -17.2. The van der Waals surface area contributed by atoms with Gasteiger partial charge in [-0.3, -0.25) is 117 Å². The van der Waals surface area contributed by atoms with E-state index in [9.17, 15) is 115 Å². The van der Waals surface area contributed by atoms with E-state index in [0.717, 1.165) is 9.80 Å². The van der Waals surface area contributed by atoms with Crippen LogP contribution in [0.3, 0.4) is 0 Å². The van der Waals surface area contributed by atoms with E-state index in [1.807, 2.05) is 0 Å². The topological polar surface area (TPSA) is 691 Å². The molecule has 8 aliphatic rings.